The van der Waals surface area contributed by atoms with Gasteiger partial charge in [-0.15, -0.1) is 0 Å². The molecule has 0 saturated carbocycles. The number of carbonyl (C=O) groups excluding carboxylic acids is 3. The van der Waals surface area contributed by atoms with Gasteiger partial charge in [0.1, 0.15) is 0 Å². The van der Waals surface area contributed by atoms with Gasteiger partial charge in [0.15, 0.2) is 0 Å². The fourth-order valence-electron chi connectivity index (χ4n) is 4.42. The van der Waals surface area contributed by atoms with E-state index in [1.54, 1.807) is 0 Å². The zero-order chi connectivity index (χ0) is 22.0. The van der Waals surface area contributed by atoms with Crippen LogP contribution in [0.25, 0.3) is 0 Å². The van der Waals surface area contributed by atoms with Crippen molar-refractivity contribution in [1.29, 1.82) is 0 Å². The molecule has 0 bridgehead atoms. The maximum atomic E-state index is 13.3. The summed E-state index contributed by atoms with van der Waals surface area (Å²) < 4.78 is 2.03. The van der Waals surface area contributed by atoms with Crippen molar-refractivity contribution in [3.63, 3.8) is 0 Å². The van der Waals surface area contributed by atoms with Crippen LogP contribution < -0.4 is 11.1 Å². The Balaban J connectivity index is 2.12. The van der Waals surface area contributed by atoms with Crippen molar-refractivity contribution in [3.8, 4) is 0 Å². The molecule has 4 amide bonds. The Morgan fingerprint density at radius 2 is 1.31 bits per heavy atom. The first-order valence-corrected chi connectivity index (χ1v) is 12.0. The van der Waals surface area contributed by atoms with Crippen molar-refractivity contribution < 1.29 is 14.4 Å². The third-order valence-electron chi connectivity index (χ3n) is 5.04. The second-order valence-electron chi connectivity index (χ2n) is 8.57. The van der Waals surface area contributed by atoms with Gasteiger partial charge in [-0.2, -0.15) is 5.01 Å². The molecule has 3 rings (SSSR count). The van der Waals surface area contributed by atoms with Crippen LogP contribution in [0.5, 0.6) is 0 Å². The lowest BCUT2D eigenvalue weighted by molar-refractivity contribution is -0.0205. The highest BCUT2D eigenvalue weighted by atomic mass is 79.9. The Kier molecular flexibility index (Phi) is 6.06. The zero-order valence-corrected chi connectivity index (χ0v) is 22.5. The number of imide groups is 1. The molecule has 0 spiro atoms. The predicted molar refractivity (Wildman–Crippen MR) is 123 cm³/mol. The van der Waals surface area contributed by atoms with Crippen molar-refractivity contribution in [2.75, 3.05) is 0 Å². The van der Waals surface area contributed by atoms with E-state index < -0.39 is 23.9 Å². The third-order valence-corrected chi connectivity index (χ3v) is 9.80. The average Bonchev–Trinajstić information content (AvgIpc) is 2.80. The second-order valence-corrected chi connectivity index (χ2v) is 11.7. The number of halogens is 4. The largest absolute Gasteiger partial charge is 0.350 e. The summed E-state index contributed by atoms with van der Waals surface area (Å²) in [7, 11) is 0. The van der Waals surface area contributed by atoms with E-state index in [4.69, 9.17) is 5.73 Å². The summed E-state index contributed by atoms with van der Waals surface area (Å²) in [5.41, 5.74) is 5.42. The Morgan fingerprint density at radius 1 is 0.931 bits per heavy atom. The minimum absolute atomic E-state index is 0.177. The zero-order valence-electron chi connectivity index (χ0n) is 16.2. The van der Waals surface area contributed by atoms with Crippen LogP contribution in [0.3, 0.4) is 0 Å². The molecule has 2 aliphatic heterocycles. The molecule has 11 heteroatoms. The lowest BCUT2D eigenvalue weighted by Crippen LogP contribution is -2.66. The van der Waals surface area contributed by atoms with Crippen molar-refractivity contribution in [1.82, 2.24) is 15.3 Å². The number of piperidine rings is 1. The number of fused-ring (bicyclic) bond motifs is 1. The number of nitrogens with zero attached hydrogens (tertiary/aromatic N) is 2. The Labute approximate surface area is 202 Å². The monoisotopic (exact) mass is 656 g/mol. The highest BCUT2D eigenvalue weighted by Gasteiger charge is 2.50. The van der Waals surface area contributed by atoms with Crippen molar-refractivity contribution in [3.05, 3.63) is 29.0 Å². The normalized spacial score (nSPS) is 20.8. The van der Waals surface area contributed by atoms with Crippen molar-refractivity contribution >= 4 is 81.6 Å². The smallest absolute Gasteiger partial charge is 0.334 e. The Morgan fingerprint density at radius 3 is 1.66 bits per heavy atom. The first kappa shape index (κ1) is 23.2. The summed E-state index contributed by atoms with van der Waals surface area (Å²) in [5, 5.41) is 5.52. The standard InChI is InChI=1S/C18H20Br4N4O3/c1-17(2)5-7(6-18(3,4)24-17)25(16(23)29)26-14(27)8-9(15(26)28)11(20)13(22)12(21)10(8)19/h7,24H,5-6H2,1-4H3,(H2,23,29). The lowest BCUT2D eigenvalue weighted by atomic mass is 9.79. The summed E-state index contributed by atoms with van der Waals surface area (Å²) in [6.45, 7) is 8.07. The van der Waals surface area contributed by atoms with Gasteiger partial charge in [0.25, 0.3) is 11.8 Å². The molecular formula is C18H20Br4N4O3. The highest BCUT2D eigenvalue weighted by molar-refractivity contribution is 9.15. The van der Waals surface area contributed by atoms with Gasteiger partial charge in [0.2, 0.25) is 0 Å². The fourth-order valence-corrected chi connectivity index (χ4v) is 6.87. The quantitative estimate of drug-likeness (QED) is 0.267. The van der Waals surface area contributed by atoms with Crippen LogP contribution in [0.1, 0.15) is 61.3 Å². The van der Waals surface area contributed by atoms with Gasteiger partial charge >= 0.3 is 6.03 Å². The minimum Gasteiger partial charge on any atom is -0.350 e. The first-order chi connectivity index (χ1) is 13.2. The molecule has 1 aromatic carbocycles. The molecule has 0 aromatic heterocycles. The number of benzene rings is 1. The SMILES string of the molecule is CC1(C)CC(N(C(N)=O)N2C(=O)c3c(Br)c(Br)c(Br)c(Br)c3C2=O)CC(C)(C)N1. The van der Waals surface area contributed by atoms with Gasteiger partial charge in [0, 0.05) is 29.0 Å². The Hall–Kier alpha value is -0.490. The van der Waals surface area contributed by atoms with Gasteiger partial charge in [0.05, 0.1) is 17.2 Å². The van der Waals surface area contributed by atoms with E-state index in [1.807, 2.05) is 27.7 Å². The molecule has 158 valence electrons. The van der Waals surface area contributed by atoms with Crippen LogP contribution in [-0.4, -0.2) is 45.0 Å². The molecule has 0 atom stereocenters. The van der Waals surface area contributed by atoms with E-state index in [0.717, 1.165) is 10.0 Å². The van der Waals surface area contributed by atoms with E-state index in [-0.39, 0.29) is 22.2 Å². The number of nitrogens with one attached hydrogen (secondary N) is 1. The van der Waals surface area contributed by atoms with Crippen molar-refractivity contribution in [2.45, 2.75) is 57.7 Å². The number of hydrogen-bond donors (Lipinski definition) is 2. The highest BCUT2D eigenvalue weighted by Crippen LogP contribution is 2.46. The summed E-state index contributed by atoms with van der Waals surface area (Å²) in [6, 6.07) is -1.27. The number of hydrazine groups is 1. The number of amides is 4. The summed E-state index contributed by atoms with van der Waals surface area (Å²) in [4.78, 5) is 39.1. The van der Waals surface area contributed by atoms with Crippen LogP contribution in [0, 0.1) is 0 Å². The number of urea groups is 1. The maximum absolute atomic E-state index is 13.3. The van der Waals surface area contributed by atoms with E-state index in [1.165, 1.54) is 0 Å². The fraction of sp³-hybridized carbons (Fsp3) is 0.500. The summed E-state index contributed by atoms with van der Waals surface area (Å²) in [5.74, 6) is -1.20. The molecule has 1 saturated heterocycles. The molecule has 1 aromatic rings. The van der Waals surface area contributed by atoms with Crippen LogP contribution in [0.2, 0.25) is 0 Å². The van der Waals surface area contributed by atoms with Crippen LogP contribution in [0.15, 0.2) is 17.9 Å². The Bertz CT molecular complexity index is 885. The molecule has 0 aliphatic carbocycles. The van der Waals surface area contributed by atoms with Crippen LogP contribution >= 0.6 is 63.7 Å². The molecule has 1 fully saturated rings. The van der Waals surface area contributed by atoms with Crippen LogP contribution in [0.4, 0.5) is 4.79 Å². The molecule has 2 aliphatic rings. The van der Waals surface area contributed by atoms with Gasteiger partial charge in [-0.1, -0.05) is 0 Å². The van der Waals surface area contributed by atoms with E-state index in [2.05, 4.69) is 69.0 Å². The molecule has 29 heavy (non-hydrogen) atoms. The van der Waals surface area contributed by atoms with Gasteiger partial charge in [-0.25, -0.2) is 9.80 Å². The molecule has 2 heterocycles. The summed E-state index contributed by atoms with van der Waals surface area (Å²) >= 11 is 13.6. The van der Waals surface area contributed by atoms with Gasteiger partial charge < -0.3 is 11.1 Å². The number of rotatable bonds is 2. The first-order valence-electron chi connectivity index (χ1n) is 8.81. The van der Waals surface area contributed by atoms with E-state index >= 15 is 0 Å². The topological polar surface area (TPSA) is 95.7 Å². The van der Waals surface area contributed by atoms with E-state index in [9.17, 15) is 14.4 Å². The van der Waals surface area contributed by atoms with Gasteiger partial charge in [-0.3, -0.25) is 9.59 Å². The van der Waals surface area contributed by atoms with E-state index in [0.29, 0.717) is 30.7 Å². The minimum atomic E-state index is -0.844. The lowest BCUT2D eigenvalue weighted by Gasteiger charge is -2.50. The predicted octanol–water partition coefficient (Wildman–Crippen LogP) is 4.94. The third kappa shape index (κ3) is 3.93. The van der Waals surface area contributed by atoms with Crippen LogP contribution in [-0.2, 0) is 0 Å². The molecule has 0 unspecified atom stereocenters. The van der Waals surface area contributed by atoms with Gasteiger partial charge in [-0.05, 0) is 104 Å². The summed E-state index contributed by atoms with van der Waals surface area (Å²) in [6.07, 6.45) is 1.06. The molecule has 7 nitrogen and oxygen atoms in total. The maximum Gasteiger partial charge on any atom is 0.334 e. The number of hydrogen-bond acceptors (Lipinski definition) is 4. The average molecular weight is 660 g/mol. The van der Waals surface area contributed by atoms with Crippen molar-refractivity contribution in [2.24, 2.45) is 5.73 Å². The molecular weight excluding hydrogens is 640 g/mol. The molecule has 3 N–H and O–H groups in total. The number of primary amides is 1. The number of nitrogens with two attached hydrogens (primary N) is 1. The second kappa shape index (κ2) is 7.58. The molecule has 0 radical (unpaired) electrons. The number of carbonyl (C=O) groups is 3.